The Morgan fingerprint density at radius 2 is 2.06 bits per heavy atom. The SMILES string of the molecule is CCCCCCC(=O)c1cc(OC)ccc1O. The Balaban J connectivity index is 2.61. The summed E-state index contributed by atoms with van der Waals surface area (Å²) in [7, 11) is 1.54. The summed E-state index contributed by atoms with van der Waals surface area (Å²) < 4.78 is 5.04. The Morgan fingerprint density at radius 1 is 1.29 bits per heavy atom. The molecule has 3 heteroatoms. The van der Waals surface area contributed by atoms with Crippen LogP contribution < -0.4 is 4.74 Å². The summed E-state index contributed by atoms with van der Waals surface area (Å²) in [5.41, 5.74) is 0.362. The van der Waals surface area contributed by atoms with Crippen molar-refractivity contribution in [2.75, 3.05) is 7.11 Å². The number of carbonyl (C=O) groups excluding carboxylic acids is 1. The van der Waals surface area contributed by atoms with Gasteiger partial charge in [-0.05, 0) is 24.6 Å². The van der Waals surface area contributed by atoms with E-state index in [1.807, 2.05) is 0 Å². The number of phenolic OH excluding ortho intramolecular Hbond substituents is 1. The maximum absolute atomic E-state index is 11.9. The van der Waals surface area contributed by atoms with Crippen molar-refractivity contribution in [2.45, 2.75) is 39.0 Å². The average molecular weight is 236 g/mol. The molecule has 0 aliphatic carbocycles. The zero-order valence-electron chi connectivity index (χ0n) is 10.5. The van der Waals surface area contributed by atoms with Crippen LogP contribution in [0.3, 0.4) is 0 Å². The molecule has 3 nitrogen and oxygen atoms in total. The molecule has 0 aromatic heterocycles. The van der Waals surface area contributed by atoms with E-state index in [2.05, 4.69) is 6.92 Å². The van der Waals surface area contributed by atoms with Crippen molar-refractivity contribution >= 4 is 5.78 Å². The first kappa shape index (κ1) is 13.6. The van der Waals surface area contributed by atoms with Crippen LogP contribution in [0.1, 0.15) is 49.4 Å². The van der Waals surface area contributed by atoms with E-state index < -0.39 is 0 Å². The highest BCUT2D eigenvalue weighted by Gasteiger charge is 2.11. The highest BCUT2D eigenvalue weighted by Crippen LogP contribution is 2.24. The van der Waals surface area contributed by atoms with Crippen LogP contribution >= 0.6 is 0 Å². The number of carbonyl (C=O) groups is 1. The molecular weight excluding hydrogens is 216 g/mol. The first-order valence-corrected chi connectivity index (χ1v) is 6.09. The van der Waals surface area contributed by atoms with E-state index in [-0.39, 0.29) is 11.5 Å². The molecule has 0 saturated heterocycles. The van der Waals surface area contributed by atoms with E-state index in [0.717, 1.165) is 25.7 Å². The molecule has 0 unspecified atom stereocenters. The molecule has 17 heavy (non-hydrogen) atoms. The fourth-order valence-electron chi connectivity index (χ4n) is 1.71. The normalized spacial score (nSPS) is 10.2. The number of methoxy groups -OCH3 is 1. The number of aromatic hydroxyl groups is 1. The number of hydrogen-bond acceptors (Lipinski definition) is 3. The van der Waals surface area contributed by atoms with Crippen LogP contribution in [0.2, 0.25) is 0 Å². The third kappa shape index (κ3) is 4.10. The van der Waals surface area contributed by atoms with Gasteiger partial charge in [0.05, 0.1) is 12.7 Å². The van der Waals surface area contributed by atoms with Gasteiger partial charge in [0.2, 0.25) is 0 Å². The van der Waals surface area contributed by atoms with Gasteiger partial charge in [0.1, 0.15) is 11.5 Å². The third-order valence-corrected chi connectivity index (χ3v) is 2.76. The van der Waals surface area contributed by atoms with E-state index in [1.165, 1.54) is 6.07 Å². The minimum absolute atomic E-state index is 0.0162. The van der Waals surface area contributed by atoms with Gasteiger partial charge in [-0.1, -0.05) is 26.2 Å². The molecule has 94 valence electrons. The Kier molecular flexibility index (Phi) is 5.53. The number of benzene rings is 1. The van der Waals surface area contributed by atoms with E-state index in [4.69, 9.17) is 4.74 Å². The minimum atomic E-state index is -0.0162. The molecule has 1 aromatic carbocycles. The summed E-state index contributed by atoms with van der Waals surface area (Å²) in [4.78, 5) is 11.9. The molecule has 0 aliphatic heterocycles. The Labute approximate surface area is 102 Å². The predicted octanol–water partition coefficient (Wildman–Crippen LogP) is 3.55. The van der Waals surface area contributed by atoms with Crippen molar-refractivity contribution in [1.82, 2.24) is 0 Å². The Morgan fingerprint density at radius 3 is 2.71 bits per heavy atom. The lowest BCUT2D eigenvalue weighted by atomic mass is 10.0. The van der Waals surface area contributed by atoms with E-state index in [1.54, 1.807) is 19.2 Å². The van der Waals surface area contributed by atoms with Crippen LogP contribution in [-0.2, 0) is 0 Å². The molecule has 1 rings (SSSR count). The summed E-state index contributed by atoms with van der Waals surface area (Å²) in [6.07, 6.45) is 4.73. The van der Waals surface area contributed by atoms with Gasteiger partial charge in [-0.25, -0.2) is 0 Å². The lowest BCUT2D eigenvalue weighted by Crippen LogP contribution is -2.00. The lowest BCUT2D eigenvalue weighted by Gasteiger charge is -2.06. The summed E-state index contributed by atoms with van der Waals surface area (Å²) in [5, 5.41) is 9.63. The molecule has 0 saturated carbocycles. The second-order valence-electron chi connectivity index (χ2n) is 4.12. The van der Waals surface area contributed by atoms with Gasteiger partial charge in [-0.3, -0.25) is 4.79 Å². The molecule has 0 radical (unpaired) electrons. The fourth-order valence-corrected chi connectivity index (χ4v) is 1.71. The van der Waals surface area contributed by atoms with Gasteiger partial charge in [-0.2, -0.15) is 0 Å². The van der Waals surface area contributed by atoms with Crippen LogP contribution in [0, 0.1) is 0 Å². The Bertz CT molecular complexity index is 372. The van der Waals surface area contributed by atoms with Crippen LogP contribution in [0.25, 0.3) is 0 Å². The zero-order chi connectivity index (χ0) is 12.7. The van der Waals surface area contributed by atoms with E-state index >= 15 is 0 Å². The number of ketones is 1. The number of Topliss-reactive ketones (excluding diaryl/α,β-unsaturated/α-hetero) is 1. The Hall–Kier alpha value is -1.51. The third-order valence-electron chi connectivity index (χ3n) is 2.76. The highest BCUT2D eigenvalue weighted by atomic mass is 16.5. The summed E-state index contributed by atoms with van der Waals surface area (Å²) in [6, 6.07) is 4.73. The van der Waals surface area contributed by atoms with Crippen molar-refractivity contribution in [3.05, 3.63) is 23.8 Å². The van der Waals surface area contributed by atoms with Gasteiger partial charge in [-0.15, -0.1) is 0 Å². The molecule has 1 aromatic rings. The standard InChI is InChI=1S/C14H20O3/c1-3-4-5-6-7-13(15)12-10-11(17-2)8-9-14(12)16/h8-10,16H,3-7H2,1-2H3. The number of ether oxygens (including phenoxy) is 1. The van der Waals surface area contributed by atoms with Crippen molar-refractivity contribution in [2.24, 2.45) is 0 Å². The number of phenols is 1. The second-order valence-corrected chi connectivity index (χ2v) is 4.12. The zero-order valence-corrected chi connectivity index (χ0v) is 10.5. The summed E-state index contributed by atoms with van der Waals surface area (Å²) in [6.45, 7) is 2.13. The number of unbranched alkanes of at least 4 members (excludes halogenated alkanes) is 3. The van der Waals surface area contributed by atoms with E-state index in [9.17, 15) is 9.90 Å². The summed E-state index contributed by atoms with van der Waals surface area (Å²) >= 11 is 0. The van der Waals surface area contributed by atoms with Crippen LogP contribution in [0.4, 0.5) is 0 Å². The van der Waals surface area contributed by atoms with Crippen LogP contribution in [-0.4, -0.2) is 18.0 Å². The molecule has 0 heterocycles. The molecule has 0 spiro atoms. The van der Waals surface area contributed by atoms with Crippen molar-refractivity contribution in [1.29, 1.82) is 0 Å². The smallest absolute Gasteiger partial charge is 0.166 e. The van der Waals surface area contributed by atoms with Gasteiger partial charge in [0.25, 0.3) is 0 Å². The first-order chi connectivity index (χ1) is 8.19. The average Bonchev–Trinajstić information content (AvgIpc) is 2.35. The number of rotatable bonds is 7. The topological polar surface area (TPSA) is 46.5 Å². The summed E-state index contributed by atoms with van der Waals surface area (Å²) in [5.74, 6) is 0.614. The maximum Gasteiger partial charge on any atom is 0.166 e. The molecule has 1 N–H and O–H groups in total. The monoisotopic (exact) mass is 236 g/mol. The quantitative estimate of drug-likeness (QED) is 0.581. The highest BCUT2D eigenvalue weighted by molar-refractivity contribution is 5.98. The lowest BCUT2D eigenvalue weighted by molar-refractivity contribution is 0.0976. The predicted molar refractivity (Wildman–Crippen MR) is 67.7 cm³/mol. The van der Waals surface area contributed by atoms with Gasteiger partial charge in [0.15, 0.2) is 5.78 Å². The molecule has 0 aliphatic rings. The molecule has 0 fully saturated rings. The van der Waals surface area contributed by atoms with Crippen LogP contribution in [0.15, 0.2) is 18.2 Å². The second kappa shape index (κ2) is 6.94. The van der Waals surface area contributed by atoms with Gasteiger partial charge in [0, 0.05) is 6.42 Å². The van der Waals surface area contributed by atoms with E-state index in [0.29, 0.717) is 17.7 Å². The van der Waals surface area contributed by atoms with Gasteiger partial charge >= 0.3 is 0 Å². The largest absolute Gasteiger partial charge is 0.507 e. The molecular formula is C14H20O3. The van der Waals surface area contributed by atoms with Gasteiger partial charge < -0.3 is 9.84 Å². The molecule has 0 atom stereocenters. The van der Waals surface area contributed by atoms with Crippen LogP contribution in [0.5, 0.6) is 11.5 Å². The maximum atomic E-state index is 11.9. The molecule has 0 amide bonds. The minimum Gasteiger partial charge on any atom is -0.507 e. The first-order valence-electron chi connectivity index (χ1n) is 6.09. The molecule has 0 bridgehead atoms. The fraction of sp³-hybridized carbons (Fsp3) is 0.500. The van der Waals surface area contributed by atoms with Crippen molar-refractivity contribution in [3.8, 4) is 11.5 Å². The van der Waals surface area contributed by atoms with Crippen molar-refractivity contribution in [3.63, 3.8) is 0 Å². The van der Waals surface area contributed by atoms with Crippen molar-refractivity contribution < 1.29 is 14.6 Å². The number of hydrogen-bond donors (Lipinski definition) is 1.